The standard InChI is InChI=1S/C22H28N4O5S/c1-3-23-18-12-15(4-6-20(18)30-2)14-26-10-8-16(9-11-26)24-22-25-19-13-17(32(27,28)29)5-7-21(19)31-22/h4-7,12-13,16,23H,3,8-11,14H2,1-2H3,(H,24,25)(H,27,28,29). The van der Waals surface area contributed by atoms with Gasteiger partial charge in [-0.25, -0.2) is 0 Å². The second-order valence-electron chi connectivity index (χ2n) is 7.88. The van der Waals surface area contributed by atoms with Crippen molar-refractivity contribution in [1.82, 2.24) is 9.88 Å². The van der Waals surface area contributed by atoms with E-state index in [1.807, 2.05) is 6.07 Å². The van der Waals surface area contributed by atoms with Crippen LogP contribution in [0.1, 0.15) is 25.3 Å². The molecule has 10 heteroatoms. The number of rotatable bonds is 8. The molecule has 0 spiro atoms. The second kappa shape index (κ2) is 9.35. The molecule has 1 aliphatic heterocycles. The first-order chi connectivity index (χ1) is 15.4. The van der Waals surface area contributed by atoms with E-state index in [-0.39, 0.29) is 10.9 Å². The molecule has 4 rings (SSSR count). The van der Waals surface area contributed by atoms with Crippen LogP contribution in [-0.2, 0) is 16.7 Å². The summed E-state index contributed by atoms with van der Waals surface area (Å²) in [4.78, 5) is 6.54. The maximum absolute atomic E-state index is 11.3. The first-order valence-corrected chi connectivity index (χ1v) is 12.1. The molecule has 0 radical (unpaired) electrons. The van der Waals surface area contributed by atoms with Crippen molar-refractivity contribution in [2.24, 2.45) is 0 Å². The van der Waals surface area contributed by atoms with Gasteiger partial charge in [0.2, 0.25) is 0 Å². The van der Waals surface area contributed by atoms with Gasteiger partial charge in [0, 0.05) is 32.2 Å². The van der Waals surface area contributed by atoms with Crippen LogP contribution in [0.25, 0.3) is 11.1 Å². The van der Waals surface area contributed by atoms with Crippen molar-refractivity contribution in [3.63, 3.8) is 0 Å². The Kier molecular flexibility index (Phi) is 6.54. The molecule has 0 atom stereocenters. The van der Waals surface area contributed by atoms with E-state index in [0.717, 1.165) is 50.5 Å². The molecule has 0 aliphatic carbocycles. The Balaban J connectivity index is 1.34. The number of methoxy groups -OCH3 is 1. The fourth-order valence-corrected chi connectivity index (χ4v) is 4.48. The molecular weight excluding hydrogens is 432 g/mol. The summed E-state index contributed by atoms with van der Waals surface area (Å²) in [6, 6.07) is 10.9. The number of hydrogen-bond donors (Lipinski definition) is 3. The molecule has 1 aromatic heterocycles. The van der Waals surface area contributed by atoms with Crippen LogP contribution in [0.2, 0.25) is 0 Å². The van der Waals surface area contributed by atoms with Crippen molar-refractivity contribution < 1.29 is 22.1 Å². The lowest BCUT2D eigenvalue weighted by Gasteiger charge is -2.32. The molecule has 172 valence electrons. The van der Waals surface area contributed by atoms with Crippen molar-refractivity contribution in [1.29, 1.82) is 0 Å². The zero-order valence-electron chi connectivity index (χ0n) is 18.2. The van der Waals surface area contributed by atoms with Crippen LogP contribution in [0.15, 0.2) is 45.7 Å². The number of nitrogens with zero attached hydrogens (tertiary/aromatic N) is 2. The molecule has 32 heavy (non-hydrogen) atoms. The third kappa shape index (κ3) is 5.14. The Hall–Kier alpha value is -2.82. The summed E-state index contributed by atoms with van der Waals surface area (Å²) in [6.07, 6.45) is 1.87. The monoisotopic (exact) mass is 460 g/mol. The van der Waals surface area contributed by atoms with Crippen LogP contribution >= 0.6 is 0 Å². The van der Waals surface area contributed by atoms with Gasteiger partial charge in [0.25, 0.3) is 16.1 Å². The Morgan fingerprint density at radius 1 is 1.22 bits per heavy atom. The first kappa shape index (κ1) is 22.4. The molecule has 9 nitrogen and oxygen atoms in total. The van der Waals surface area contributed by atoms with Crippen LogP contribution in [0.5, 0.6) is 5.75 Å². The normalized spacial score (nSPS) is 15.7. The van der Waals surface area contributed by atoms with Gasteiger partial charge >= 0.3 is 0 Å². The number of oxazole rings is 1. The number of aromatic nitrogens is 1. The fourth-order valence-electron chi connectivity index (χ4n) is 3.98. The summed E-state index contributed by atoms with van der Waals surface area (Å²) >= 11 is 0. The van der Waals surface area contributed by atoms with Gasteiger partial charge < -0.3 is 19.8 Å². The second-order valence-corrected chi connectivity index (χ2v) is 9.30. The first-order valence-electron chi connectivity index (χ1n) is 10.6. The number of ether oxygens (including phenoxy) is 1. The Labute approximate surface area is 187 Å². The molecule has 3 aromatic rings. The molecule has 0 unspecified atom stereocenters. The number of likely N-dealkylation sites (tertiary alicyclic amines) is 1. The smallest absolute Gasteiger partial charge is 0.295 e. The van der Waals surface area contributed by atoms with E-state index in [1.165, 1.54) is 23.8 Å². The molecule has 2 aromatic carbocycles. The zero-order chi connectivity index (χ0) is 22.7. The van der Waals surface area contributed by atoms with Crippen LogP contribution < -0.4 is 15.4 Å². The SMILES string of the molecule is CCNc1cc(CN2CCC(Nc3nc4cc(S(=O)(=O)O)ccc4o3)CC2)ccc1OC. The largest absolute Gasteiger partial charge is 0.495 e. The van der Waals surface area contributed by atoms with Crippen LogP contribution in [0.3, 0.4) is 0 Å². The number of anilines is 2. The van der Waals surface area contributed by atoms with Gasteiger partial charge in [-0.2, -0.15) is 13.4 Å². The van der Waals surface area contributed by atoms with Crippen molar-refractivity contribution in [2.75, 3.05) is 37.4 Å². The van der Waals surface area contributed by atoms with Gasteiger partial charge in [0.05, 0.1) is 17.7 Å². The van der Waals surface area contributed by atoms with Crippen molar-refractivity contribution in [3.8, 4) is 5.75 Å². The van der Waals surface area contributed by atoms with Crippen molar-refractivity contribution >= 4 is 32.9 Å². The van der Waals surface area contributed by atoms with Gasteiger partial charge in [0.1, 0.15) is 11.3 Å². The lowest BCUT2D eigenvalue weighted by Crippen LogP contribution is -2.38. The topological polar surface area (TPSA) is 117 Å². The molecular formula is C22H28N4O5S. The van der Waals surface area contributed by atoms with Gasteiger partial charge in [-0.1, -0.05) is 6.07 Å². The van der Waals surface area contributed by atoms with Gasteiger partial charge in [-0.3, -0.25) is 9.45 Å². The van der Waals surface area contributed by atoms with Crippen LogP contribution in [0, 0.1) is 0 Å². The fraction of sp³-hybridized carbons (Fsp3) is 0.409. The van der Waals surface area contributed by atoms with E-state index in [2.05, 4.69) is 39.6 Å². The van der Waals surface area contributed by atoms with Crippen molar-refractivity contribution in [3.05, 3.63) is 42.0 Å². The summed E-state index contributed by atoms with van der Waals surface area (Å²) in [6.45, 7) is 5.65. The van der Waals surface area contributed by atoms with E-state index in [4.69, 9.17) is 9.15 Å². The Morgan fingerprint density at radius 2 is 2.00 bits per heavy atom. The van der Waals surface area contributed by atoms with E-state index in [9.17, 15) is 13.0 Å². The van der Waals surface area contributed by atoms with Gasteiger partial charge in [0.15, 0.2) is 5.58 Å². The predicted molar refractivity (Wildman–Crippen MR) is 123 cm³/mol. The molecule has 0 saturated carbocycles. The molecule has 1 aliphatic rings. The highest BCUT2D eigenvalue weighted by Gasteiger charge is 2.21. The Morgan fingerprint density at radius 3 is 2.69 bits per heavy atom. The minimum Gasteiger partial charge on any atom is -0.495 e. The highest BCUT2D eigenvalue weighted by atomic mass is 32.2. The number of benzene rings is 2. The highest BCUT2D eigenvalue weighted by molar-refractivity contribution is 7.85. The lowest BCUT2D eigenvalue weighted by atomic mass is 10.0. The molecule has 0 amide bonds. The van der Waals surface area contributed by atoms with Crippen LogP contribution in [-0.4, -0.2) is 55.6 Å². The van der Waals surface area contributed by atoms with E-state index < -0.39 is 10.1 Å². The van der Waals surface area contributed by atoms with E-state index in [1.54, 1.807) is 7.11 Å². The van der Waals surface area contributed by atoms with Gasteiger partial charge in [-0.15, -0.1) is 0 Å². The third-order valence-electron chi connectivity index (χ3n) is 5.61. The minimum absolute atomic E-state index is 0.200. The summed E-state index contributed by atoms with van der Waals surface area (Å²) in [5.74, 6) is 0.848. The highest BCUT2D eigenvalue weighted by Crippen LogP contribution is 2.27. The number of hydrogen-bond acceptors (Lipinski definition) is 8. The number of fused-ring (bicyclic) bond motifs is 1. The number of nitrogens with one attached hydrogen (secondary N) is 2. The summed E-state index contributed by atoms with van der Waals surface area (Å²) in [5, 5.41) is 6.65. The summed E-state index contributed by atoms with van der Waals surface area (Å²) in [5.41, 5.74) is 3.10. The minimum atomic E-state index is -4.27. The van der Waals surface area contributed by atoms with Gasteiger partial charge in [-0.05, 0) is 55.7 Å². The predicted octanol–water partition coefficient (Wildman–Crippen LogP) is 3.59. The molecule has 2 heterocycles. The molecule has 0 bridgehead atoms. The maximum atomic E-state index is 11.3. The molecule has 1 saturated heterocycles. The van der Waals surface area contributed by atoms with E-state index >= 15 is 0 Å². The number of piperidine rings is 1. The lowest BCUT2D eigenvalue weighted by molar-refractivity contribution is 0.210. The van der Waals surface area contributed by atoms with Crippen LogP contribution in [0.4, 0.5) is 11.7 Å². The Bertz CT molecular complexity index is 1190. The maximum Gasteiger partial charge on any atom is 0.295 e. The molecule has 3 N–H and O–H groups in total. The quantitative estimate of drug-likeness (QED) is 0.434. The summed E-state index contributed by atoms with van der Waals surface area (Å²) < 4.78 is 42.9. The average Bonchev–Trinajstić information content (AvgIpc) is 3.16. The third-order valence-corrected chi connectivity index (χ3v) is 6.46. The van der Waals surface area contributed by atoms with Crippen molar-refractivity contribution in [2.45, 2.75) is 37.2 Å². The average molecular weight is 461 g/mol. The van der Waals surface area contributed by atoms with E-state index in [0.29, 0.717) is 17.1 Å². The summed E-state index contributed by atoms with van der Waals surface area (Å²) in [7, 11) is -2.59. The zero-order valence-corrected chi connectivity index (χ0v) is 19.0. The molecule has 1 fully saturated rings.